The van der Waals surface area contributed by atoms with E-state index in [2.05, 4.69) is 4.72 Å². The average Bonchev–Trinajstić information content (AvgIpc) is 2.19. The minimum absolute atomic E-state index is 0.0541. The van der Waals surface area contributed by atoms with E-state index in [-0.39, 0.29) is 9.92 Å². The molecule has 1 aromatic carbocycles. The van der Waals surface area contributed by atoms with E-state index in [0.717, 1.165) is 0 Å². The van der Waals surface area contributed by atoms with Crippen LogP contribution in [0.4, 0.5) is 5.69 Å². The van der Waals surface area contributed by atoms with E-state index in [1.807, 2.05) is 0 Å². The molecule has 0 aromatic heterocycles. The molecule has 2 unspecified atom stereocenters. The van der Waals surface area contributed by atoms with Crippen molar-refractivity contribution in [1.29, 1.82) is 0 Å². The molecule has 0 saturated carbocycles. The SMILES string of the molecule is CC(O)CC(C)NS(=O)(=O)c1cc(N)ccc1Cl. The van der Waals surface area contributed by atoms with Crippen molar-refractivity contribution in [3.63, 3.8) is 0 Å². The molecule has 0 aliphatic heterocycles. The lowest BCUT2D eigenvalue weighted by atomic mass is 10.2. The molecule has 0 radical (unpaired) electrons. The quantitative estimate of drug-likeness (QED) is 0.715. The molecule has 0 aliphatic rings. The Hall–Kier alpha value is -0.820. The number of anilines is 1. The first-order valence-corrected chi connectivity index (χ1v) is 7.34. The maximum absolute atomic E-state index is 12.1. The van der Waals surface area contributed by atoms with Crippen LogP contribution < -0.4 is 10.5 Å². The monoisotopic (exact) mass is 292 g/mol. The van der Waals surface area contributed by atoms with Gasteiger partial charge in [0.05, 0.1) is 11.1 Å². The number of rotatable bonds is 5. The Morgan fingerprint density at radius 1 is 1.44 bits per heavy atom. The summed E-state index contributed by atoms with van der Waals surface area (Å²) in [4.78, 5) is -0.0541. The first-order chi connectivity index (χ1) is 8.22. The Morgan fingerprint density at radius 2 is 2.06 bits per heavy atom. The number of halogens is 1. The molecule has 18 heavy (non-hydrogen) atoms. The lowest BCUT2D eigenvalue weighted by Crippen LogP contribution is -2.34. The number of nitrogen functional groups attached to an aromatic ring is 1. The predicted molar refractivity (Wildman–Crippen MR) is 71.9 cm³/mol. The third-order valence-corrected chi connectivity index (χ3v) is 4.37. The number of nitrogens with one attached hydrogen (secondary N) is 1. The second-order valence-corrected chi connectivity index (χ2v) is 6.39. The lowest BCUT2D eigenvalue weighted by Gasteiger charge is -2.16. The van der Waals surface area contributed by atoms with Gasteiger partial charge in [0.15, 0.2) is 0 Å². The van der Waals surface area contributed by atoms with Gasteiger partial charge in [-0.3, -0.25) is 0 Å². The van der Waals surface area contributed by atoms with Crippen molar-refractivity contribution < 1.29 is 13.5 Å². The highest BCUT2D eigenvalue weighted by Crippen LogP contribution is 2.23. The summed E-state index contributed by atoms with van der Waals surface area (Å²) in [5, 5.41) is 9.32. The van der Waals surface area contributed by atoms with E-state index >= 15 is 0 Å². The summed E-state index contributed by atoms with van der Waals surface area (Å²) in [5.41, 5.74) is 5.87. The van der Waals surface area contributed by atoms with Crippen LogP contribution in [0.5, 0.6) is 0 Å². The third kappa shape index (κ3) is 4.13. The van der Waals surface area contributed by atoms with E-state index in [1.54, 1.807) is 13.8 Å². The number of hydrogen-bond acceptors (Lipinski definition) is 4. The Kier molecular flexibility index (Phi) is 4.98. The number of benzene rings is 1. The average molecular weight is 293 g/mol. The molecule has 1 rings (SSSR count). The van der Waals surface area contributed by atoms with Gasteiger partial charge in [-0.2, -0.15) is 0 Å². The number of aliphatic hydroxyl groups excluding tert-OH is 1. The summed E-state index contributed by atoms with van der Waals surface area (Å²) in [7, 11) is -3.73. The Balaban J connectivity index is 2.96. The highest BCUT2D eigenvalue weighted by molar-refractivity contribution is 7.89. The molecule has 1 aromatic rings. The summed E-state index contributed by atoms with van der Waals surface area (Å²) < 4.78 is 26.6. The molecule has 0 saturated heterocycles. The Bertz CT molecular complexity index is 517. The smallest absolute Gasteiger partial charge is 0.242 e. The maximum Gasteiger partial charge on any atom is 0.242 e. The second-order valence-electron chi connectivity index (χ2n) is 4.30. The molecular formula is C11H17ClN2O3S. The standard InChI is InChI=1S/C11H17ClN2O3S/c1-7(5-8(2)15)14-18(16,17)11-6-9(13)3-4-10(11)12/h3-4,6-8,14-15H,5,13H2,1-2H3. The van der Waals surface area contributed by atoms with Crippen molar-refractivity contribution in [2.45, 2.75) is 37.3 Å². The van der Waals surface area contributed by atoms with Gasteiger partial charge in [0.2, 0.25) is 10.0 Å². The molecule has 0 fully saturated rings. The van der Waals surface area contributed by atoms with Crippen molar-refractivity contribution >= 4 is 27.3 Å². The van der Waals surface area contributed by atoms with Gasteiger partial charge in [-0.1, -0.05) is 11.6 Å². The summed E-state index contributed by atoms with van der Waals surface area (Å²) >= 11 is 5.85. The van der Waals surface area contributed by atoms with Gasteiger partial charge in [0, 0.05) is 11.7 Å². The second kappa shape index (κ2) is 5.88. The van der Waals surface area contributed by atoms with Crippen LogP contribution in [-0.2, 0) is 10.0 Å². The van der Waals surface area contributed by atoms with E-state index in [9.17, 15) is 13.5 Å². The highest BCUT2D eigenvalue weighted by atomic mass is 35.5. The fraction of sp³-hybridized carbons (Fsp3) is 0.455. The van der Waals surface area contributed by atoms with E-state index in [4.69, 9.17) is 17.3 Å². The molecule has 0 spiro atoms. The van der Waals surface area contributed by atoms with Gasteiger partial charge in [0.25, 0.3) is 0 Å². The first-order valence-electron chi connectivity index (χ1n) is 5.48. The van der Waals surface area contributed by atoms with Gasteiger partial charge < -0.3 is 10.8 Å². The van der Waals surface area contributed by atoms with Crippen molar-refractivity contribution in [3.8, 4) is 0 Å². The van der Waals surface area contributed by atoms with Crippen LogP contribution in [-0.4, -0.2) is 25.7 Å². The van der Waals surface area contributed by atoms with Crippen LogP contribution in [0.2, 0.25) is 5.02 Å². The molecule has 7 heteroatoms. The largest absolute Gasteiger partial charge is 0.399 e. The number of aliphatic hydroxyl groups is 1. The highest BCUT2D eigenvalue weighted by Gasteiger charge is 2.21. The Labute approximate surface area is 112 Å². The van der Waals surface area contributed by atoms with Crippen LogP contribution in [0.1, 0.15) is 20.3 Å². The van der Waals surface area contributed by atoms with Crippen LogP contribution in [0, 0.1) is 0 Å². The molecule has 0 aliphatic carbocycles. The van der Waals surface area contributed by atoms with Gasteiger partial charge in [-0.05, 0) is 38.5 Å². The van der Waals surface area contributed by atoms with Gasteiger partial charge in [0.1, 0.15) is 4.90 Å². The van der Waals surface area contributed by atoms with Crippen molar-refractivity contribution in [1.82, 2.24) is 4.72 Å². The molecule has 5 nitrogen and oxygen atoms in total. The van der Waals surface area contributed by atoms with Gasteiger partial charge >= 0.3 is 0 Å². The minimum Gasteiger partial charge on any atom is -0.399 e. The fourth-order valence-corrected chi connectivity index (χ4v) is 3.41. The molecule has 4 N–H and O–H groups in total. The predicted octanol–water partition coefficient (Wildman–Crippen LogP) is 1.36. The van der Waals surface area contributed by atoms with E-state index < -0.39 is 22.2 Å². The number of hydrogen-bond donors (Lipinski definition) is 3. The Morgan fingerprint density at radius 3 is 2.61 bits per heavy atom. The first kappa shape index (κ1) is 15.2. The minimum atomic E-state index is -3.73. The molecule has 0 amide bonds. The van der Waals surface area contributed by atoms with Crippen molar-refractivity contribution in [2.24, 2.45) is 0 Å². The van der Waals surface area contributed by atoms with Crippen molar-refractivity contribution in [3.05, 3.63) is 23.2 Å². The van der Waals surface area contributed by atoms with Gasteiger partial charge in [-0.15, -0.1) is 0 Å². The maximum atomic E-state index is 12.1. The molecule has 102 valence electrons. The number of sulfonamides is 1. The van der Waals surface area contributed by atoms with E-state index in [1.165, 1.54) is 18.2 Å². The van der Waals surface area contributed by atoms with E-state index in [0.29, 0.717) is 12.1 Å². The van der Waals surface area contributed by atoms with Crippen LogP contribution >= 0.6 is 11.6 Å². The van der Waals surface area contributed by atoms with Crippen LogP contribution in [0.15, 0.2) is 23.1 Å². The molecule has 0 heterocycles. The lowest BCUT2D eigenvalue weighted by molar-refractivity contribution is 0.175. The number of nitrogens with two attached hydrogens (primary N) is 1. The van der Waals surface area contributed by atoms with Crippen LogP contribution in [0.25, 0.3) is 0 Å². The molecular weight excluding hydrogens is 276 g/mol. The third-order valence-electron chi connectivity index (χ3n) is 2.30. The summed E-state index contributed by atoms with van der Waals surface area (Å²) in [6.45, 7) is 3.27. The summed E-state index contributed by atoms with van der Waals surface area (Å²) in [5.74, 6) is 0. The fourth-order valence-electron chi connectivity index (χ4n) is 1.61. The zero-order chi connectivity index (χ0) is 13.9. The van der Waals surface area contributed by atoms with Crippen molar-refractivity contribution in [2.75, 3.05) is 5.73 Å². The topological polar surface area (TPSA) is 92.4 Å². The normalized spacial score (nSPS) is 15.3. The van der Waals surface area contributed by atoms with Crippen LogP contribution in [0.3, 0.4) is 0 Å². The zero-order valence-electron chi connectivity index (χ0n) is 10.2. The molecule has 2 atom stereocenters. The molecule has 0 bridgehead atoms. The summed E-state index contributed by atoms with van der Waals surface area (Å²) in [6.07, 6.45) is -0.266. The zero-order valence-corrected chi connectivity index (χ0v) is 11.8. The van der Waals surface area contributed by atoms with Gasteiger partial charge in [-0.25, -0.2) is 13.1 Å². The summed E-state index contributed by atoms with van der Waals surface area (Å²) in [6, 6.07) is 3.87.